The SMILES string of the molecule is c1ccc(-c2ccc(N(c3ccc(-c4ccccc4)cc3)c3cc(-c4ccc(N(c5ccccc5)c5ccccc5)cc4)c(N(c4ccc(-c5ccccc5)cc4)c4ccc(-c5ccccc5)cc4)cc3-c3ccc(N(c4ccccc4)c4ccccc4)cc3)cc2)cc1. The molecule has 0 heterocycles. The van der Waals surface area contributed by atoms with Gasteiger partial charge >= 0.3 is 0 Å². The number of hydrogen-bond acceptors (Lipinski definition) is 4. The number of nitrogens with zero attached hydrogens (tertiary/aromatic N) is 4. The zero-order chi connectivity index (χ0) is 62.8. The molecule has 0 unspecified atom stereocenters. The van der Waals surface area contributed by atoms with E-state index in [1.807, 2.05) is 0 Å². The molecule has 446 valence electrons. The second-order valence-electron chi connectivity index (χ2n) is 23.3. The Kier molecular flexibility index (Phi) is 16.6. The summed E-state index contributed by atoms with van der Waals surface area (Å²) in [6.07, 6.45) is 0. The van der Waals surface area contributed by atoms with Crippen molar-refractivity contribution in [3.63, 3.8) is 0 Å². The lowest BCUT2D eigenvalue weighted by Crippen LogP contribution is -2.15. The van der Waals surface area contributed by atoms with Crippen molar-refractivity contribution >= 4 is 68.2 Å². The predicted molar refractivity (Wildman–Crippen MR) is 398 cm³/mol. The molecule has 0 aliphatic rings. The fraction of sp³-hybridized carbons (Fsp3) is 0. The van der Waals surface area contributed by atoms with Crippen molar-refractivity contribution in [3.8, 4) is 66.8 Å². The summed E-state index contributed by atoms with van der Waals surface area (Å²) in [6.45, 7) is 0. The van der Waals surface area contributed by atoms with Gasteiger partial charge in [0.2, 0.25) is 0 Å². The Morgan fingerprint density at radius 3 is 0.468 bits per heavy atom. The van der Waals surface area contributed by atoms with E-state index in [1.54, 1.807) is 0 Å². The first-order chi connectivity index (χ1) is 46.6. The molecule has 0 bridgehead atoms. The first-order valence-electron chi connectivity index (χ1n) is 32.1. The minimum atomic E-state index is 1.01. The lowest BCUT2D eigenvalue weighted by Gasteiger charge is -2.33. The quantitative estimate of drug-likeness (QED) is 0.0849. The Morgan fingerprint density at radius 1 is 0.117 bits per heavy atom. The molecule has 15 rings (SSSR count). The molecule has 0 spiro atoms. The third-order valence-corrected chi connectivity index (χ3v) is 17.5. The Bertz CT molecular complexity index is 4340. The summed E-state index contributed by atoms with van der Waals surface area (Å²) in [7, 11) is 0. The first kappa shape index (κ1) is 57.9. The second-order valence-corrected chi connectivity index (χ2v) is 23.3. The molecule has 0 atom stereocenters. The molecule has 4 heteroatoms. The normalized spacial score (nSPS) is 11.0. The fourth-order valence-corrected chi connectivity index (χ4v) is 12.8. The van der Waals surface area contributed by atoms with E-state index in [2.05, 4.69) is 420 Å². The number of para-hydroxylation sites is 4. The summed E-state index contributed by atoms with van der Waals surface area (Å²) >= 11 is 0. The van der Waals surface area contributed by atoms with Crippen molar-refractivity contribution in [2.24, 2.45) is 0 Å². The average Bonchev–Trinajstić information content (AvgIpc) is 0.764. The molecule has 0 fully saturated rings. The molecule has 0 saturated carbocycles. The lowest BCUT2D eigenvalue weighted by molar-refractivity contribution is 1.25. The molecule has 0 amide bonds. The van der Waals surface area contributed by atoms with Gasteiger partial charge in [0.15, 0.2) is 0 Å². The summed E-state index contributed by atoms with van der Waals surface area (Å²) in [4.78, 5) is 9.56. The van der Waals surface area contributed by atoms with Crippen LogP contribution in [-0.4, -0.2) is 0 Å². The van der Waals surface area contributed by atoms with E-state index in [0.717, 1.165) is 135 Å². The highest BCUT2D eigenvalue weighted by Gasteiger charge is 2.27. The van der Waals surface area contributed by atoms with Crippen LogP contribution in [0.3, 0.4) is 0 Å². The minimum Gasteiger partial charge on any atom is -0.311 e. The van der Waals surface area contributed by atoms with Crippen LogP contribution in [-0.2, 0) is 0 Å². The molecule has 94 heavy (non-hydrogen) atoms. The summed E-state index contributed by atoms with van der Waals surface area (Å²) in [5.41, 5.74) is 25.9. The molecule has 0 aromatic heterocycles. The minimum absolute atomic E-state index is 1.01. The van der Waals surface area contributed by atoms with Crippen LogP contribution in [0.4, 0.5) is 68.2 Å². The highest BCUT2D eigenvalue weighted by atomic mass is 15.2. The van der Waals surface area contributed by atoms with Gasteiger partial charge in [-0.25, -0.2) is 0 Å². The molecule has 0 aliphatic heterocycles. The van der Waals surface area contributed by atoms with Crippen LogP contribution in [0.25, 0.3) is 66.8 Å². The highest BCUT2D eigenvalue weighted by Crippen LogP contribution is 2.51. The zero-order valence-electron chi connectivity index (χ0n) is 51.9. The summed E-state index contributed by atoms with van der Waals surface area (Å²) < 4.78 is 0. The van der Waals surface area contributed by atoms with E-state index in [1.165, 1.54) is 0 Å². The number of rotatable bonds is 18. The highest BCUT2D eigenvalue weighted by molar-refractivity contribution is 6.00. The Morgan fingerprint density at radius 2 is 0.266 bits per heavy atom. The summed E-state index contributed by atoms with van der Waals surface area (Å²) in [6, 6.07) is 145. The fourth-order valence-electron chi connectivity index (χ4n) is 12.8. The van der Waals surface area contributed by atoms with Gasteiger partial charge in [-0.15, -0.1) is 0 Å². The molecule has 0 saturated heterocycles. The van der Waals surface area contributed by atoms with Crippen molar-refractivity contribution < 1.29 is 0 Å². The van der Waals surface area contributed by atoms with Crippen LogP contribution in [0, 0.1) is 0 Å². The molecule has 0 N–H and O–H groups in total. The third kappa shape index (κ3) is 12.3. The van der Waals surface area contributed by atoms with E-state index in [0.29, 0.717) is 0 Å². The van der Waals surface area contributed by atoms with Crippen LogP contribution in [0.5, 0.6) is 0 Å². The largest absolute Gasteiger partial charge is 0.311 e. The van der Waals surface area contributed by atoms with E-state index >= 15 is 0 Å². The van der Waals surface area contributed by atoms with Gasteiger partial charge in [-0.2, -0.15) is 0 Å². The zero-order valence-corrected chi connectivity index (χ0v) is 51.9. The topological polar surface area (TPSA) is 13.0 Å². The van der Waals surface area contributed by atoms with E-state index in [4.69, 9.17) is 0 Å². The van der Waals surface area contributed by atoms with Crippen molar-refractivity contribution in [2.45, 2.75) is 0 Å². The maximum atomic E-state index is 2.45. The molecule has 15 aromatic rings. The van der Waals surface area contributed by atoms with Gasteiger partial charge in [0.25, 0.3) is 0 Å². The van der Waals surface area contributed by atoms with Crippen LogP contribution in [0.2, 0.25) is 0 Å². The number of anilines is 12. The number of benzene rings is 15. The van der Waals surface area contributed by atoms with Crippen LogP contribution in [0.15, 0.2) is 400 Å². The maximum Gasteiger partial charge on any atom is 0.0547 e. The van der Waals surface area contributed by atoms with Gasteiger partial charge in [-0.3, -0.25) is 0 Å². The predicted octanol–water partition coefficient (Wildman–Crippen LogP) is 25.6. The molecule has 15 aromatic carbocycles. The molecule has 0 aliphatic carbocycles. The van der Waals surface area contributed by atoms with Gasteiger partial charge in [-0.05, 0) is 189 Å². The van der Waals surface area contributed by atoms with E-state index < -0.39 is 0 Å². The number of hydrogen-bond donors (Lipinski definition) is 0. The molecular weight excluding hydrogens is 1140 g/mol. The van der Waals surface area contributed by atoms with E-state index in [-0.39, 0.29) is 0 Å². The monoisotopic (exact) mass is 1200 g/mol. The Hall–Kier alpha value is -12.5. The van der Waals surface area contributed by atoms with Crippen LogP contribution in [0.1, 0.15) is 0 Å². The van der Waals surface area contributed by atoms with Gasteiger partial charge in [0.05, 0.1) is 11.4 Å². The van der Waals surface area contributed by atoms with Crippen molar-refractivity contribution in [2.75, 3.05) is 19.6 Å². The Labute approximate surface area is 551 Å². The van der Waals surface area contributed by atoms with E-state index in [9.17, 15) is 0 Å². The summed E-state index contributed by atoms with van der Waals surface area (Å²) in [5, 5.41) is 0. The molecular formula is C90H66N4. The molecule has 4 nitrogen and oxygen atoms in total. The second kappa shape index (κ2) is 26.9. The van der Waals surface area contributed by atoms with Gasteiger partial charge in [-0.1, -0.05) is 267 Å². The first-order valence-corrected chi connectivity index (χ1v) is 32.1. The lowest BCUT2D eigenvalue weighted by atomic mass is 9.93. The van der Waals surface area contributed by atoms with Crippen LogP contribution >= 0.6 is 0 Å². The van der Waals surface area contributed by atoms with Crippen molar-refractivity contribution in [1.29, 1.82) is 0 Å². The van der Waals surface area contributed by atoms with Gasteiger partial charge in [0, 0.05) is 68.0 Å². The van der Waals surface area contributed by atoms with Crippen molar-refractivity contribution in [3.05, 3.63) is 400 Å². The van der Waals surface area contributed by atoms with Crippen LogP contribution < -0.4 is 19.6 Å². The smallest absolute Gasteiger partial charge is 0.0547 e. The molecule has 0 radical (unpaired) electrons. The van der Waals surface area contributed by atoms with Crippen molar-refractivity contribution in [1.82, 2.24) is 0 Å². The third-order valence-electron chi connectivity index (χ3n) is 17.5. The summed E-state index contributed by atoms with van der Waals surface area (Å²) in [5.74, 6) is 0. The van der Waals surface area contributed by atoms with Gasteiger partial charge < -0.3 is 19.6 Å². The standard InChI is InChI=1S/C90H66N4/c1-9-25-67(26-10-1)71-41-53-83(54-42-71)93(84-55-43-72(44-56-84)68-27-11-2-12-28-68)89-65-88(76-51-63-82(64-52-76)92(79-37-21-7-22-38-79)80-39-23-8-24-40-80)90(66-87(89)75-49-61-81(62-50-75)91(77-33-17-5-18-34-77)78-35-19-6-20-36-78)94(85-57-45-73(46-58-85)69-29-13-3-14-30-69)86-59-47-74(48-60-86)70-31-15-4-16-32-70/h1-66H. The van der Waals surface area contributed by atoms with Gasteiger partial charge in [0.1, 0.15) is 0 Å². The average molecular weight is 1200 g/mol. The maximum absolute atomic E-state index is 2.45. The Balaban J connectivity index is 1.00.